The molecule has 1 aliphatic rings. The Morgan fingerprint density at radius 1 is 1.36 bits per heavy atom. The number of halogens is 2. The first kappa shape index (κ1) is 10.0. The van der Waals surface area contributed by atoms with Gasteiger partial charge in [0.05, 0.1) is 11.4 Å². The minimum absolute atomic E-state index is 0.227. The molecule has 1 aromatic heterocycles. The second-order valence-corrected chi connectivity index (χ2v) is 4.76. The fourth-order valence-corrected chi connectivity index (χ4v) is 1.78. The highest BCUT2D eigenvalue weighted by atomic mass is 79.9. The quantitative estimate of drug-likeness (QED) is 0.813. The molecular formula is C10H12BrFN2. The Morgan fingerprint density at radius 2 is 2.00 bits per heavy atom. The summed E-state index contributed by atoms with van der Waals surface area (Å²) in [6.45, 7) is 4.11. The molecule has 1 saturated carbocycles. The molecule has 2 nitrogen and oxygen atoms in total. The Labute approximate surface area is 91.1 Å². The second-order valence-electron chi connectivity index (χ2n) is 4.00. The van der Waals surface area contributed by atoms with Crippen molar-refractivity contribution in [1.29, 1.82) is 0 Å². The number of aromatic nitrogens is 2. The molecule has 0 N–H and O–H groups in total. The molecule has 0 atom stereocenters. The lowest BCUT2D eigenvalue weighted by Gasteiger charge is -2.10. The minimum atomic E-state index is -0.490. The van der Waals surface area contributed by atoms with Crippen LogP contribution in [0.25, 0.3) is 0 Å². The van der Waals surface area contributed by atoms with Crippen LogP contribution in [0.5, 0.6) is 0 Å². The Kier molecular flexibility index (Phi) is 2.56. The van der Waals surface area contributed by atoms with Crippen LogP contribution < -0.4 is 0 Å². The number of rotatable bonds is 2. The van der Waals surface area contributed by atoms with Gasteiger partial charge in [-0.2, -0.15) is 4.39 Å². The van der Waals surface area contributed by atoms with E-state index in [1.165, 1.54) is 0 Å². The average molecular weight is 259 g/mol. The highest BCUT2D eigenvalue weighted by Gasteiger charge is 2.30. The molecule has 0 amide bonds. The maximum atomic E-state index is 13.2. The monoisotopic (exact) mass is 258 g/mol. The third-order valence-electron chi connectivity index (χ3n) is 2.38. The van der Waals surface area contributed by atoms with E-state index in [4.69, 9.17) is 0 Å². The highest BCUT2D eigenvalue weighted by Crippen LogP contribution is 2.42. The van der Waals surface area contributed by atoms with E-state index in [0.717, 1.165) is 24.2 Å². The number of hydrogen-bond acceptors (Lipinski definition) is 2. The summed E-state index contributed by atoms with van der Waals surface area (Å²) in [6, 6.07) is 0. The zero-order chi connectivity index (χ0) is 10.3. The first-order valence-electron chi connectivity index (χ1n) is 4.82. The van der Waals surface area contributed by atoms with Gasteiger partial charge in [0, 0.05) is 5.92 Å². The summed E-state index contributed by atoms with van der Waals surface area (Å²) in [4.78, 5) is 8.19. The number of hydrogen-bond donors (Lipinski definition) is 0. The zero-order valence-electron chi connectivity index (χ0n) is 8.22. The van der Waals surface area contributed by atoms with Crippen LogP contribution in [0.15, 0.2) is 4.60 Å². The highest BCUT2D eigenvalue weighted by molar-refractivity contribution is 9.10. The summed E-state index contributed by atoms with van der Waals surface area (Å²) in [5, 5.41) is 0. The van der Waals surface area contributed by atoms with Crippen molar-refractivity contribution in [3.8, 4) is 0 Å². The molecule has 1 aromatic rings. The Balaban J connectivity index is 2.49. The van der Waals surface area contributed by atoms with Crippen molar-refractivity contribution < 1.29 is 4.39 Å². The molecule has 0 aromatic carbocycles. The van der Waals surface area contributed by atoms with Gasteiger partial charge in [0.2, 0.25) is 5.95 Å². The van der Waals surface area contributed by atoms with Crippen LogP contribution in [0.1, 0.15) is 49.9 Å². The van der Waals surface area contributed by atoms with Crippen LogP contribution in [-0.2, 0) is 0 Å². The van der Waals surface area contributed by atoms with Crippen LogP contribution in [0.2, 0.25) is 0 Å². The van der Waals surface area contributed by atoms with E-state index in [1.807, 2.05) is 0 Å². The van der Waals surface area contributed by atoms with Crippen molar-refractivity contribution in [2.24, 2.45) is 0 Å². The van der Waals surface area contributed by atoms with Crippen molar-refractivity contribution in [2.45, 2.75) is 38.5 Å². The molecule has 2 rings (SSSR count). The molecule has 1 aliphatic carbocycles. The van der Waals surface area contributed by atoms with Gasteiger partial charge in [-0.3, -0.25) is 0 Å². The van der Waals surface area contributed by atoms with Gasteiger partial charge in [0.15, 0.2) is 4.60 Å². The van der Waals surface area contributed by atoms with Crippen molar-refractivity contribution in [2.75, 3.05) is 0 Å². The average Bonchev–Trinajstić information content (AvgIpc) is 2.91. The summed E-state index contributed by atoms with van der Waals surface area (Å²) < 4.78 is 13.4. The minimum Gasteiger partial charge on any atom is -0.239 e. The summed E-state index contributed by atoms with van der Waals surface area (Å²) >= 11 is 3.07. The fourth-order valence-electron chi connectivity index (χ4n) is 1.50. The van der Waals surface area contributed by atoms with Gasteiger partial charge in [-0.25, -0.2) is 9.97 Å². The predicted molar refractivity (Wildman–Crippen MR) is 55.8 cm³/mol. The van der Waals surface area contributed by atoms with Crippen molar-refractivity contribution in [3.63, 3.8) is 0 Å². The van der Waals surface area contributed by atoms with Gasteiger partial charge < -0.3 is 0 Å². The summed E-state index contributed by atoms with van der Waals surface area (Å²) in [7, 11) is 0. The van der Waals surface area contributed by atoms with E-state index in [1.54, 1.807) is 0 Å². The molecule has 0 saturated heterocycles. The zero-order valence-corrected chi connectivity index (χ0v) is 9.81. The number of nitrogens with zero attached hydrogens (tertiary/aromatic N) is 2. The first-order valence-corrected chi connectivity index (χ1v) is 5.61. The second kappa shape index (κ2) is 3.57. The molecule has 4 heteroatoms. The Morgan fingerprint density at radius 3 is 2.50 bits per heavy atom. The fraction of sp³-hybridized carbons (Fsp3) is 0.600. The third kappa shape index (κ3) is 1.80. The molecule has 0 aliphatic heterocycles. The van der Waals surface area contributed by atoms with E-state index >= 15 is 0 Å². The van der Waals surface area contributed by atoms with E-state index in [9.17, 15) is 4.39 Å². The lowest BCUT2D eigenvalue weighted by molar-refractivity contribution is 0.551. The van der Waals surface area contributed by atoms with E-state index in [0.29, 0.717) is 11.8 Å². The molecule has 1 heterocycles. The van der Waals surface area contributed by atoms with Gasteiger partial charge in [0.1, 0.15) is 0 Å². The predicted octanol–water partition coefficient (Wildman–Crippen LogP) is 3.38. The van der Waals surface area contributed by atoms with Crippen LogP contribution in [-0.4, -0.2) is 9.97 Å². The van der Waals surface area contributed by atoms with Gasteiger partial charge in [-0.1, -0.05) is 13.8 Å². The molecule has 1 fully saturated rings. The Hall–Kier alpha value is -0.510. The van der Waals surface area contributed by atoms with E-state index < -0.39 is 5.95 Å². The third-order valence-corrected chi connectivity index (χ3v) is 2.89. The van der Waals surface area contributed by atoms with Crippen molar-refractivity contribution in [3.05, 3.63) is 21.9 Å². The maximum absolute atomic E-state index is 13.2. The van der Waals surface area contributed by atoms with Crippen LogP contribution in [0, 0.1) is 5.95 Å². The molecule has 76 valence electrons. The van der Waals surface area contributed by atoms with Crippen LogP contribution >= 0.6 is 15.9 Å². The van der Waals surface area contributed by atoms with Crippen molar-refractivity contribution >= 4 is 15.9 Å². The van der Waals surface area contributed by atoms with Crippen LogP contribution in [0.3, 0.4) is 0 Å². The molecule has 0 radical (unpaired) electrons. The van der Waals surface area contributed by atoms with Gasteiger partial charge in [-0.05, 0) is 34.7 Å². The SMILES string of the molecule is CC(C)c1nc(Br)c(F)nc1C1CC1. The normalized spacial score (nSPS) is 16.4. The molecule has 0 spiro atoms. The summed E-state index contributed by atoms with van der Waals surface area (Å²) in [5.41, 5.74) is 1.79. The molecule has 14 heavy (non-hydrogen) atoms. The van der Waals surface area contributed by atoms with E-state index in [2.05, 4.69) is 39.7 Å². The lowest BCUT2D eigenvalue weighted by atomic mass is 10.1. The van der Waals surface area contributed by atoms with Gasteiger partial charge >= 0.3 is 0 Å². The molecule has 0 unspecified atom stereocenters. The summed E-state index contributed by atoms with van der Waals surface area (Å²) in [6.07, 6.45) is 2.24. The maximum Gasteiger partial charge on any atom is 0.246 e. The van der Waals surface area contributed by atoms with Crippen LogP contribution in [0.4, 0.5) is 4.39 Å². The van der Waals surface area contributed by atoms with Crippen molar-refractivity contribution in [1.82, 2.24) is 9.97 Å². The molecular weight excluding hydrogens is 247 g/mol. The van der Waals surface area contributed by atoms with E-state index in [-0.39, 0.29) is 4.60 Å². The topological polar surface area (TPSA) is 25.8 Å². The standard InChI is InChI=1S/C10H12BrFN2/c1-5(2)7-8(6-3-4-6)14-10(12)9(11)13-7/h5-6H,3-4H2,1-2H3. The summed E-state index contributed by atoms with van der Waals surface area (Å²) in [5.74, 6) is 0.258. The smallest absolute Gasteiger partial charge is 0.239 e. The van der Waals surface area contributed by atoms with Gasteiger partial charge in [0.25, 0.3) is 0 Å². The Bertz CT molecular complexity index is 334. The van der Waals surface area contributed by atoms with Gasteiger partial charge in [-0.15, -0.1) is 0 Å². The lowest BCUT2D eigenvalue weighted by Crippen LogP contribution is -2.05. The largest absolute Gasteiger partial charge is 0.246 e. The first-order chi connectivity index (χ1) is 6.59. The molecule has 0 bridgehead atoms.